The molecular formula is C66H41B2N5. The number of nitrogens with zero attached hydrogens (tertiary/aromatic N) is 5. The normalized spacial score (nSPS) is 13.9. The maximum atomic E-state index is 2.61. The van der Waals surface area contributed by atoms with Crippen LogP contribution in [0.15, 0.2) is 249 Å². The number of hydrogen-bond acceptors (Lipinski definition) is 4. The topological polar surface area (TPSA) is 17.4 Å². The zero-order valence-electron chi connectivity index (χ0n) is 39.6. The van der Waals surface area contributed by atoms with Gasteiger partial charge < -0.3 is 24.0 Å². The van der Waals surface area contributed by atoms with Gasteiger partial charge in [-0.1, -0.05) is 146 Å². The van der Waals surface area contributed by atoms with E-state index in [1.807, 2.05) is 0 Å². The lowest BCUT2D eigenvalue weighted by Crippen LogP contribution is -2.61. The summed E-state index contributed by atoms with van der Waals surface area (Å²) < 4.78 is 2.61. The summed E-state index contributed by atoms with van der Waals surface area (Å²) >= 11 is 0. The summed E-state index contributed by atoms with van der Waals surface area (Å²) in [5, 5.41) is 5.06. The molecule has 0 N–H and O–H groups in total. The highest BCUT2D eigenvalue weighted by Gasteiger charge is 2.46. The fraction of sp³-hybridized carbons (Fsp3) is 0. The molecule has 5 nitrogen and oxygen atoms in total. The molecule has 73 heavy (non-hydrogen) atoms. The van der Waals surface area contributed by atoms with Crippen LogP contribution >= 0.6 is 0 Å². The quantitative estimate of drug-likeness (QED) is 0.164. The van der Waals surface area contributed by atoms with Crippen LogP contribution < -0.4 is 52.4 Å². The fourth-order valence-corrected chi connectivity index (χ4v) is 13.7. The zero-order chi connectivity index (χ0) is 47.5. The van der Waals surface area contributed by atoms with Crippen LogP contribution in [-0.4, -0.2) is 17.8 Å². The predicted molar refractivity (Wildman–Crippen MR) is 309 cm³/mol. The molecule has 13 aromatic rings. The van der Waals surface area contributed by atoms with E-state index in [9.17, 15) is 0 Å². The van der Waals surface area contributed by atoms with Gasteiger partial charge in [-0.3, -0.25) is 0 Å². The molecule has 0 bridgehead atoms. The predicted octanol–water partition coefficient (Wildman–Crippen LogP) is 13.0. The monoisotopic (exact) mass is 925 g/mol. The Morgan fingerprint density at radius 2 is 0.685 bits per heavy atom. The van der Waals surface area contributed by atoms with Gasteiger partial charge in [-0.15, -0.1) is 0 Å². The van der Waals surface area contributed by atoms with Crippen molar-refractivity contribution in [3.05, 3.63) is 249 Å². The first kappa shape index (κ1) is 39.3. The van der Waals surface area contributed by atoms with Crippen molar-refractivity contribution in [1.82, 2.24) is 4.40 Å². The second-order valence-corrected chi connectivity index (χ2v) is 20.0. The summed E-state index contributed by atoms with van der Waals surface area (Å²) in [6.45, 7) is 0.0168. The average molecular weight is 926 g/mol. The highest BCUT2D eigenvalue weighted by atomic mass is 15.2. The molecule has 336 valence electrons. The maximum Gasteiger partial charge on any atom is 0.252 e. The Balaban J connectivity index is 0.967. The molecule has 0 spiro atoms. The lowest BCUT2D eigenvalue weighted by atomic mass is 9.33. The summed E-state index contributed by atoms with van der Waals surface area (Å²) in [7, 11) is 0. The van der Waals surface area contributed by atoms with E-state index in [-0.39, 0.29) is 13.4 Å². The molecule has 0 atom stereocenters. The lowest BCUT2D eigenvalue weighted by molar-refractivity contribution is 1.25. The Morgan fingerprint density at radius 3 is 1.23 bits per heavy atom. The van der Waals surface area contributed by atoms with Crippen molar-refractivity contribution in [2.24, 2.45) is 0 Å². The van der Waals surface area contributed by atoms with E-state index >= 15 is 0 Å². The maximum absolute atomic E-state index is 2.61. The van der Waals surface area contributed by atoms with Gasteiger partial charge in [-0.05, 0) is 136 Å². The van der Waals surface area contributed by atoms with Gasteiger partial charge in [-0.25, -0.2) is 0 Å². The molecule has 0 saturated carbocycles. The number of hydrogen-bond donors (Lipinski definition) is 0. The minimum atomic E-state index is -0.00231. The van der Waals surface area contributed by atoms with Crippen LogP contribution in [0, 0.1) is 0 Å². The van der Waals surface area contributed by atoms with E-state index in [1.165, 1.54) is 116 Å². The van der Waals surface area contributed by atoms with E-state index in [0.717, 1.165) is 22.7 Å². The molecule has 0 saturated heterocycles. The summed E-state index contributed by atoms with van der Waals surface area (Å²) in [5.41, 5.74) is 26.0. The smallest absolute Gasteiger partial charge is 0.252 e. The van der Waals surface area contributed by atoms with Crippen molar-refractivity contribution in [2.45, 2.75) is 0 Å². The van der Waals surface area contributed by atoms with Gasteiger partial charge in [0.1, 0.15) is 0 Å². The van der Waals surface area contributed by atoms with Crippen LogP contribution in [0.4, 0.5) is 68.2 Å². The molecule has 0 radical (unpaired) electrons. The van der Waals surface area contributed by atoms with Crippen molar-refractivity contribution in [2.75, 3.05) is 19.6 Å². The fourth-order valence-electron chi connectivity index (χ4n) is 13.7. The molecule has 6 heterocycles. The zero-order valence-corrected chi connectivity index (χ0v) is 39.6. The Bertz CT molecular complexity index is 4430. The van der Waals surface area contributed by atoms with Gasteiger partial charge in [0.2, 0.25) is 0 Å². The average Bonchev–Trinajstić information content (AvgIpc) is 4.03. The number of anilines is 12. The van der Waals surface area contributed by atoms with Gasteiger partial charge in [0.15, 0.2) is 0 Å². The molecule has 0 unspecified atom stereocenters. The lowest BCUT2D eigenvalue weighted by Gasteiger charge is -2.44. The van der Waals surface area contributed by atoms with Crippen LogP contribution in [0.3, 0.4) is 0 Å². The standard InChI is InChI=1S/C66H41B2N5/c1-5-20-42(21-6-1)69-53-32-15-13-30-49(53)67-51-38-39-55-62(66(51)72(45-26-11-4-12-27-45)59-37-19-35-57(69)64(59)67)47-29-17-28-46-48-40-61-52(41-60(48)73(55)65(46)47)68-50-31-14-16-33-54(50)70(43-22-7-2-8-23-43)56-34-18-36-58(63(56)68)71(61)44-24-9-3-10-25-44/h1-41H. The summed E-state index contributed by atoms with van der Waals surface area (Å²) in [6, 6.07) is 92.7. The van der Waals surface area contributed by atoms with E-state index in [1.54, 1.807) is 0 Å². The Labute approximate surface area is 423 Å². The van der Waals surface area contributed by atoms with E-state index in [2.05, 4.69) is 273 Å². The summed E-state index contributed by atoms with van der Waals surface area (Å²) in [4.78, 5) is 10.0. The second-order valence-electron chi connectivity index (χ2n) is 20.0. The van der Waals surface area contributed by atoms with Gasteiger partial charge in [0.25, 0.3) is 13.4 Å². The number of aromatic nitrogens is 1. The minimum absolute atomic E-state index is 0.00231. The van der Waals surface area contributed by atoms with Gasteiger partial charge in [-0.2, -0.15) is 0 Å². The van der Waals surface area contributed by atoms with Gasteiger partial charge in [0.05, 0.1) is 22.2 Å². The first-order valence-corrected chi connectivity index (χ1v) is 25.4. The molecule has 0 amide bonds. The van der Waals surface area contributed by atoms with Gasteiger partial charge >= 0.3 is 0 Å². The Hall–Kier alpha value is -9.45. The van der Waals surface area contributed by atoms with Crippen molar-refractivity contribution < 1.29 is 0 Å². The molecule has 0 aliphatic carbocycles. The largest absolute Gasteiger partial charge is 0.311 e. The summed E-state index contributed by atoms with van der Waals surface area (Å²) in [6.07, 6.45) is 0. The second kappa shape index (κ2) is 14.6. The third-order valence-corrected chi connectivity index (χ3v) is 16.4. The minimum Gasteiger partial charge on any atom is -0.311 e. The van der Waals surface area contributed by atoms with Gasteiger partial charge in [0, 0.05) is 84.1 Å². The van der Waals surface area contributed by atoms with E-state index < -0.39 is 0 Å². The molecule has 4 aliphatic heterocycles. The molecule has 0 fully saturated rings. The van der Waals surface area contributed by atoms with Crippen LogP contribution in [0.25, 0.3) is 38.1 Å². The first-order valence-electron chi connectivity index (χ1n) is 25.4. The third kappa shape index (κ3) is 5.12. The van der Waals surface area contributed by atoms with Crippen molar-refractivity contribution >= 4 is 153 Å². The molecule has 2 aromatic heterocycles. The van der Waals surface area contributed by atoms with E-state index in [0.29, 0.717) is 0 Å². The number of para-hydroxylation sites is 7. The number of benzene rings is 11. The molecule has 7 heteroatoms. The summed E-state index contributed by atoms with van der Waals surface area (Å²) in [5.74, 6) is 0. The van der Waals surface area contributed by atoms with Crippen LogP contribution in [0.2, 0.25) is 0 Å². The SMILES string of the molecule is c1ccc(N2c3ccccc3B3c4cc5c(cc4N(c4ccccc4)c4cccc2c43)c2cccc3c4c6c(ccc4n5c23)B2c3ccccc3N(c3ccccc3)c3cccc(c32)N6c2ccccc2)cc1. The molecular weight excluding hydrogens is 884 g/mol. The highest BCUT2D eigenvalue weighted by molar-refractivity contribution is 7.01. The highest BCUT2D eigenvalue weighted by Crippen LogP contribution is 2.51. The Kier molecular flexibility index (Phi) is 7.84. The molecule has 4 aliphatic rings. The van der Waals surface area contributed by atoms with Crippen LogP contribution in [0.5, 0.6) is 0 Å². The first-order chi connectivity index (χ1) is 36.3. The van der Waals surface area contributed by atoms with Crippen LogP contribution in [0.1, 0.15) is 0 Å². The molecule has 17 rings (SSSR count). The number of rotatable bonds is 4. The van der Waals surface area contributed by atoms with Crippen LogP contribution in [-0.2, 0) is 0 Å². The van der Waals surface area contributed by atoms with Crippen molar-refractivity contribution in [3.63, 3.8) is 0 Å². The van der Waals surface area contributed by atoms with Crippen molar-refractivity contribution in [1.29, 1.82) is 0 Å². The number of fused-ring (bicyclic) bond motifs is 15. The van der Waals surface area contributed by atoms with E-state index in [4.69, 9.17) is 0 Å². The Morgan fingerprint density at radius 1 is 0.260 bits per heavy atom. The third-order valence-electron chi connectivity index (χ3n) is 16.4. The van der Waals surface area contributed by atoms with Crippen molar-refractivity contribution in [3.8, 4) is 0 Å². The molecule has 11 aromatic carbocycles.